The second kappa shape index (κ2) is 7.98. The lowest BCUT2D eigenvalue weighted by Crippen LogP contribution is -2.33. The monoisotopic (exact) mass is 339 g/mol. The molecule has 0 aliphatic heterocycles. The summed E-state index contributed by atoms with van der Waals surface area (Å²) in [7, 11) is 0. The molecule has 5 heteroatoms. The average molecular weight is 339 g/mol. The van der Waals surface area contributed by atoms with Gasteiger partial charge in [-0.05, 0) is 44.9 Å². The van der Waals surface area contributed by atoms with E-state index in [2.05, 4.69) is 16.4 Å². The highest BCUT2D eigenvalue weighted by Gasteiger charge is 2.20. The second-order valence-corrected chi connectivity index (χ2v) is 7.10. The normalized spacial score (nSPS) is 13.0. The van der Waals surface area contributed by atoms with Gasteiger partial charge >= 0.3 is 0 Å². The molecule has 0 aliphatic carbocycles. The maximum atomic E-state index is 12.5. The number of amides is 1. The molecule has 1 amide bonds. The van der Waals surface area contributed by atoms with Crippen molar-refractivity contribution in [3.8, 4) is 6.07 Å². The van der Waals surface area contributed by atoms with Crippen molar-refractivity contribution >= 4 is 17.7 Å². The van der Waals surface area contributed by atoms with Crippen molar-refractivity contribution in [2.45, 2.75) is 44.0 Å². The number of nitriles is 1. The van der Waals surface area contributed by atoms with E-state index in [9.17, 15) is 10.1 Å². The van der Waals surface area contributed by atoms with Gasteiger partial charge in [-0.15, -0.1) is 0 Å². The minimum absolute atomic E-state index is 0.0654. The summed E-state index contributed by atoms with van der Waals surface area (Å²) in [6.45, 7) is 7.57. The first-order valence-corrected chi connectivity index (χ1v) is 8.70. The first-order chi connectivity index (χ1) is 11.4. The number of nitrogens with one attached hydrogen (secondary N) is 1. The maximum Gasteiger partial charge on any atom is 0.233 e. The van der Waals surface area contributed by atoms with Gasteiger partial charge in [0.1, 0.15) is 11.1 Å². The molecule has 24 heavy (non-hydrogen) atoms. The van der Waals surface area contributed by atoms with E-state index in [-0.39, 0.29) is 17.2 Å². The molecule has 1 aromatic carbocycles. The van der Waals surface area contributed by atoms with Gasteiger partial charge in [0.05, 0.1) is 16.9 Å². The Morgan fingerprint density at radius 3 is 2.54 bits per heavy atom. The van der Waals surface area contributed by atoms with Gasteiger partial charge in [0.15, 0.2) is 0 Å². The summed E-state index contributed by atoms with van der Waals surface area (Å²) in [6, 6.07) is 13.8. The van der Waals surface area contributed by atoms with Crippen LogP contribution in [0.1, 0.15) is 42.3 Å². The van der Waals surface area contributed by atoms with E-state index < -0.39 is 0 Å². The van der Waals surface area contributed by atoms with Crippen LogP contribution in [0.15, 0.2) is 41.4 Å². The number of aryl methyl sites for hydroxylation is 2. The van der Waals surface area contributed by atoms with E-state index in [0.29, 0.717) is 10.6 Å². The first-order valence-electron chi connectivity index (χ1n) is 7.82. The van der Waals surface area contributed by atoms with Crippen molar-refractivity contribution < 1.29 is 4.79 Å². The Labute approximate surface area is 147 Å². The molecule has 1 N–H and O–H groups in total. The van der Waals surface area contributed by atoms with Gasteiger partial charge in [-0.1, -0.05) is 42.1 Å². The molecule has 4 nitrogen and oxygen atoms in total. The predicted octanol–water partition coefficient (Wildman–Crippen LogP) is 3.93. The molecule has 0 radical (unpaired) electrons. The van der Waals surface area contributed by atoms with Crippen LogP contribution >= 0.6 is 11.8 Å². The molecule has 124 valence electrons. The number of hydrogen-bond acceptors (Lipinski definition) is 4. The van der Waals surface area contributed by atoms with Crippen LogP contribution in [0.5, 0.6) is 0 Å². The van der Waals surface area contributed by atoms with Crippen LogP contribution in [0.25, 0.3) is 0 Å². The van der Waals surface area contributed by atoms with Gasteiger partial charge < -0.3 is 5.32 Å². The molecule has 1 heterocycles. The number of aromatic nitrogens is 1. The molecule has 0 fully saturated rings. The lowest BCUT2D eigenvalue weighted by molar-refractivity contribution is -0.120. The largest absolute Gasteiger partial charge is 0.349 e. The van der Waals surface area contributed by atoms with Crippen molar-refractivity contribution in [2.24, 2.45) is 0 Å². The van der Waals surface area contributed by atoms with E-state index in [1.54, 1.807) is 0 Å². The Hall–Kier alpha value is -2.32. The Morgan fingerprint density at radius 2 is 1.92 bits per heavy atom. The Bertz CT molecular complexity index is 768. The molecule has 0 bridgehead atoms. The minimum Gasteiger partial charge on any atom is -0.349 e. The summed E-state index contributed by atoms with van der Waals surface area (Å²) in [5.74, 6) is -0.0683. The smallest absolute Gasteiger partial charge is 0.233 e. The van der Waals surface area contributed by atoms with E-state index in [1.165, 1.54) is 11.8 Å². The summed E-state index contributed by atoms with van der Waals surface area (Å²) in [6.07, 6.45) is 0. The van der Waals surface area contributed by atoms with Crippen LogP contribution in [0, 0.1) is 25.2 Å². The summed E-state index contributed by atoms with van der Waals surface area (Å²) in [5, 5.41) is 12.6. The number of nitrogens with zero attached hydrogens (tertiary/aromatic N) is 2. The zero-order valence-electron chi connectivity index (χ0n) is 14.3. The number of pyridine rings is 1. The Morgan fingerprint density at radius 1 is 1.25 bits per heavy atom. The van der Waals surface area contributed by atoms with Crippen molar-refractivity contribution in [1.82, 2.24) is 10.3 Å². The van der Waals surface area contributed by atoms with Crippen molar-refractivity contribution in [3.05, 3.63) is 58.8 Å². The number of carbonyl (C=O) groups is 1. The number of benzene rings is 1. The average Bonchev–Trinajstić information content (AvgIpc) is 2.55. The third-order valence-electron chi connectivity index (χ3n) is 3.74. The molecular formula is C19H21N3OS. The lowest BCUT2D eigenvalue weighted by atomic mass is 10.1. The lowest BCUT2D eigenvalue weighted by Gasteiger charge is -2.18. The topological polar surface area (TPSA) is 65.8 Å². The zero-order valence-corrected chi connectivity index (χ0v) is 15.1. The van der Waals surface area contributed by atoms with E-state index in [1.807, 2.05) is 64.1 Å². The number of carbonyl (C=O) groups excluding carboxylic acids is 1. The summed E-state index contributed by atoms with van der Waals surface area (Å²) < 4.78 is 0. The third kappa shape index (κ3) is 4.36. The van der Waals surface area contributed by atoms with Crippen LogP contribution in [0.3, 0.4) is 0 Å². The molecule has 0 spiro atoms. The summed E-state index contributed by atoms with van der Waals surface area (Å²) in [4.78, 5) is 16.9. The molecule has 2 aromatic rings. The quantitative estimate of drug-likeness (QED) is 0.838. The number of thioether (sulfide) groups is 1. The molecule has 0 unspecified atom stereocenters. The van der Waals surface area contributed by atoms with Crippen LogP contribution in [-0.4, -0.2) is 16.1 Å². The van der Waals surface area contributed by atoms with Crippen molar-refractivity contribution in [2.75, 3.05) is 0 Å². The molecule has 0 saturated heterocycles. The van der Waals surface area contributed by atoms with Crippen LogP contribution < -0.4 is 5.32 Å². The molecule has 0 saturated carbocycles. The second-order valence-electron chi connectivity index (χ2n) is 5.77. The van der Waals surface area contributed by atoms with Crippen molar-refractivity contribution in [3.63, 3.8) is 0 Å². The van der Waals surface area contributed by atoms with Crippen molar-refractivity contribution in [1.29, 1.82) is 5.26 Å². The number of rotatable bonds is 5. The Balaban J connectivity index is 2.09. The fraction of sp³-hybridized carbons (Fsp3) is 0.316. The molecule has 0 aliphatic rings. The van der Waals surface area contributed by atoms with E-state index in [0.717, 1.165) is 16.8 Å². The highest BCUT2D eigenvalue weighted by molar-refractivity contribution is 8.00. The summed E-state index contributed by atoms with van der Waals surface area (Å²) in [5.41, 5.74) is 3.34. The van der Waals surface area contributed by atoms with E-state index in [4.69, 9.17) is 0 Å². The first kappa shape index (κ1) is 18.0. The fourth-order valence-electron chi connectivity index (χ4n) is 2.40. The molecule has 1 aromatic heterocycles. The van der Waals surface area contributed by atoms with Crippen LogP contribution in [0.2, 0.25) is 0 Å². The zero-order chi connectivity index (χ0) is 17.7. The van der Waals surface area contributed by atoms with Gasteiger partial charge in [-0.3, -0.25) is 4.79 Å². The van der Waals surface area contributed by atoms with Gasteiger partial charge in [-0.2, -0.15) is 5.26 Å². The number of hydrogen-bond donors (Lipinski definition) is 1. The minimum atomic E-state index is -0.336. The van der Waals surface area contributed by atoms with Crippen LogP contribution in [0.4, 0.5) is 0 Å². The predicted molar refractivity (Wildman–Crippen MR) is 96.7 cm³/mol. The third-order valence-corrected chi connectivity index (χ3v) is 4.83. The molecule has 2 rings (SSSR count). The maximum absolute atomic E-state index is 12.5. The summed E-state index contributed by atoms with van der Waals surface area (Å²) >= 11 is 1.32. The highest BCUT2D eigenvalue weighted by Crippen LogP contribution is 2.27. The van der Waals surface area contributed by atoms with Crippen LogP contribution in [-0.2, 0) is 4.79 Å². The van der Waals surface area contributed by atoms with Gasteiger partial charge in [0.2, 0.25) is 5.91 Å². The van der Waals surface area contributed by atoms with Gasteiger partial charge in [-0.25, -0.2) is 4.98 Å². The van der Waals surface area contributed by atoms with E-state index >= 15 is 0 Å². The Kier molecular flexibility index (Phi) is 5.99. The SMILES string of the molecule is Cc1cc(C)c(C#N)c(S[C@H](C)C(=O)N[C@H](C)c2ccccc2)n1. The van der Waals surface area contributed by atoms with Gasteiger partial charge in [0, 0.05) is 5.69 Å². The molecule has 2 atom stereocenters. The highest BCUT2D eigenvalue weighted by atomic mass is 32.2. The van der Waals surface area contributed by atoms with Gasteiger partial charge in [0.25, 0.3) is 0 Å². The molecular weight excluding hydrogens is 318 g/mol. The fourth-order valence-corrected chi connectivity index (χ4v) is 3.43. The standard InChI is InChI=1S/C19H21N3OS/c1-12-10-13(2)21-19(17(12)11-20)24-15(4)18(23)22-14(3)16-8-6-5-7-9-16/h5-10,14-15H,1-4H3,(H,22,23)/t14-,15-/m1/s1.